The van der Waals surface area contributed by atoms with E-state index in [-0.39, 0.29) is 31.8 Å². The van der Waals surface area contributed by atoms with E-state index in [0.717, 1.165) is 80.8 Å². The summed E-state index contributed by atoms with van der Waals surface area (Å²) in [6.45, 7) is 13.1. The van der Waals surface area contributed by atoms with Crippen LogP contribution in [-0.4, -0.2) is 203 Å². The van der Waals surface area contributed by atoms with Crippen LogP contribution < -0.4 is 10.5 Å². The second-order valence-electron chi connectivity index (χ2n) is 18.1. The van der Waals surface area contributed by atoms with Crippen molar-refractivity contribution < 1.29 is 79.3 Å². The zero-order valence-electron chi connectivity index (χ0n) is 46.0. The number of unbranched alkanes of at least 4 members (excludes halogenated alkanes) is 3. The summed E-state index contributed by atoms with van der Waals surface area (Å²) in [5.41, 5.74) is 7.90. The maximum Gasteiger partial charge on any atom is 0.313 e. The van der Waals surface area contributed by atoms with Crippen LogP contribution in [0.3, 0.4) is 0 Å². The number of aromatic nitrogens is 2. The lowest BCUT2D eigenvalue weighted by Gasteiger charge is -2.23. The van der Waals surface area contributed by atoms with Crippen molar-refractivity contribution in [2.75, 3.05) is 165 Å². The van der Waals surface area contributed by atoms with Gasteiger partial charge in [0.15, 0.2) is 11.6 Å². The van der Waals surface area contributed by atoms with E-state index in [0.29, 0.717) is 143 Å². The van der Waals surface area contributed by atoms with Gasteiger partial charge in [-0.2, -0.15) is 8.78 Å². The molecule has 79 heavy (non-hydrogen) atoms. The molecule has 0 bridgehead atoms. The normalized spacial score (nSPS) is 12.4. The molecule has 0 atom stereocenters. The minimum Gasteiger partial charge on any atom is -0.420 e. The number of amides is 1. The second-order valence-corrected chi connectivity index (χ2v) is 19.3. The first-order chi connectivity index (χ1) is 38.5. The first-order valence-electron chi connectivity index (χ1n) is 27.3. The fourth-order valence-corrected chi connectivity index (χ4v) is 8.67. The molecule has 0 unspecified atom stereocenters. The predicted molar refractivity (Wildman–Crippen MR) is 290 cm³/mol. The number of likely N-dealkylation sites (N-methyl/N-ethyl adjacent to an activating group) is 1. The van der Waals surface area contributed by atoms with E-state index in [2.05, 4.69) is 44.6 Å². The van der Waals surface area contributed by atoms with Gasteiger partial charge in [-0.3, -0.25) is 9.59 Å². The van der Waals surface area contributed by atoms with Crippen LogP contribution in [0.15, 0.2) is 41.2 Å². The zero-order valence-corrected chi connectivity index (χ0v) is 46.9. The van der Waals surface area contributed by atoms with Gasteiger partial charge >= 0.3 is 5.97 Å². The van der Waals surface area contributed by atoms with Crippen LogP contribution in [0.1, 0.15) is 73.9 Å². The summed E-state index contributed by atoms with van der Waals surface area (Å²) in [4.78, 5) is 45.3. The molecule has 1 aliphatic rings. The van der Waals surface area contributed by atoms with Crippen molar-refractivity contribution in [1.82, 2.24) is 19.8 Å². The Hall–Kier alpha value is -4.57. The van der Waals surface area contributed by atoms with E-state index in [9.17, 15) is 27.2 Å². The van der Waals surface area contributed by atoms with Crippen LogP contribution in [0.4, 0.5) is 23.2 Å². The van der Waals surface area contributed by atoms with Crippen molar-refractivity contribution >= 4 is 40.8 Å². The van der Waals surface area contributed by atoms with Gasteiger partial charge in [-0.25, -0.2) is 23.7 Å². The standard InChI is InChI=1S/C55H82F4N6O13S/c1-3-15-65(17-8-6-11-50-61-13-9-14-62-50)55(67)43-39-48-47(63-49(60)40-43)41-44(79-48)10-5-4-7-16-64(2)18-20-69-22-24-71-26-28-73-30-32-75-34-36-77-38-37-76-35-33-74-31-29-72-27-25-70-23-21-68-19-12-51(66)78-54-52(58)45(56)42-46(57)53(54)59/h9,13-14,39,41-42H,3-8,10-12,15-38,40H2,1-2H3,(H2,60,63). The number of rotatable bonds is 48. The van der Waals surface area contributed by atoms with Crippen LogP contribution in [-0.2, 0) is 69.8 Å². The van der Waals surface area contributed by atoms with E-state index in [1.807, 2.05) is 17.0 Å². The number of hydrogen-bond donors (Lipinski definition) is 1. The van der Waals surface area contributed by atoms with Gasteiger partial charge in [0.1, 0.15) is 11.7 Å². The molecule has 2 N–H and O–H groups in total. The third-order valence-electron chi connectivity index (χ3n) is 11.7. The third-order valence-corrected chi connectivity index (χ3v) is 12.8. The molecular formula is C55H82F4N6O13S. The first kappa shape index (κ1) is 66.9. The average Bonchev–Trinajstić information content (AvgIpc) is 3.78. The summed E-state index contributed by atoms with van der Waals surface area (Å²) in [7, 11) is 2.12. The van der Waals surface area contributed by atoms with Crippen LogP contribution >= 0.6 is 11.3 Å². The smallest absolute Gasteiger partial charge is 0.313 e. The Morgan fingerprint density at radius 3 is 1.59 bits per heavy atom. The summed E-state index contributed by atoms with van der Waals surface area (Å²) < 4.78 is 113. The van der Waals surface area contributed by atoms with Gasteiger partial charge in [0, 0.05) is 61.4 Å². The maximum atomic E-state index is 13.7. The third kappa shape index (κ3) is 29.6. The number of carbonyl (C=O) groups excluding carboxylic acids is 2. The Labute approximate surface area is 466 Å². The molecule has 3 heterocycles. The van der Waals surface area contributed by atoms with Gasteiger partial charge in [-0.1, -0.05) is 13.3 Å². The van der Waals surface area contributed by atoms with Gasteiger partial charge in [-0.05, 0) is 70.3 Å². The quantitative estimate of drug-likeness (QED) is 0.0200. The molecule has 0 spiro atoms. The minimum absolute atomic E-state index is 0.0192. The highest BCUT2D eigenvalue weighted by atomic mass is 32.1. The number of nitrogens with zero attached hydrogens (tertiary/aromatic N) is 5. The van der Waals surface area contributed by atoms with Crippen LogP contribution in [0.2, 0.25) is 0 Å². The lowest BCUT2D eigenvalue weighted by atomic mass is 10.1. The van der Waals surface area contributed by atoms with Crippen LogP contribution in [0.25, 0.3) is 6.08 Å². The number of fused-ring (bicyclic) bond motifs is 1. The van der Waals surface area contributed by atoms with E-state index < -0.39 is 41.4 Å². The van der Waals surface area contributed by atoms with E-state index in [1.54, 1.807) is 23.7 Å². The van der Waals surface area contributed by atoms with Gasteiger partial charge in [0.2, 0.25) is 23.3 Å². The molecule has 0 saturated heterocycles. The van der Waals surface area contributed by atoms with Gasteiger partial charge in [0.25, 0.3) is 0 Å². The number of esters is 1. The van der Waals surface area contributed by atoms with E-state index in [4.69, 9.17) is 53.1 Å². The largest absolute Gasteiger partial charge is 0.420 e. The number of aryl methyl sites for hydroxylation is 2. The molecule has 1 aromatic carbocycles. The highest BCUT2D eigenvalue weighted by Crippen LogP contribution is 2.36. The molecule has 0 radical (unpaired) electrons. The van der Waals surface area contributed by atoms with Crippen LogP contribution in [0.5, 0.6) is 5.75 Å². The highest BCUT2D eigenvalue weighted by Gasteiger charge is 2.24. The Balaban J connectivity index is 0.836. The highest BCUT2D eigenvalue weighted by molar-refractivity contribution is 7.13. The number of halogens is 4. The van der Waals surface area contributed by atoms with Crippen molar-refractivity contribution in [3.05, 3.63) is 75.0 Å². The molecule has 0 saturated carbocycles. The molecule has 1 amide bonds. The molecule has 19 nitrogen and oxygen atoms in total. The average molecular weight is 1140 g/mol. The Bertz CT molecular complexity index is 2180. The summed E-state index contributed by atoms with van der Waals surface area (Å²) in [5.74, 6) is -8.15. The Kier molecular flexibility index (Phi) is 35.8. The summed E-state index contributed by atoms with van der Waals surface area (Å²) in [5, 5.41) is 0. The lowest BCUT2D eigenvalue weighted by molar-refractivity contribution is -0.136. The molecule has 444 valence electrons. The predicted octanol–water partition coefficient (Wildman–Crippen LogP) is 6.94. The molecule has 4 rings (SSSR count). The number of nitrogens with two attached hydrogens (primary N) is 1. The monoisotopic (exact) mass is 1140 g/mol. The van der Waals surface area contributed by atoms with Crippen LogP contribution in [0, 0.1) is 23.3 Å². The van der Waals surface area contributed by atoms with E-state index >= 15 is 0 Å². The summed E-state index contributed by atoms with van der Waals surface area (Å²) >= 11 is 1.71. The van der Waals surface area contributed by atoms with Crippen molar-refractivity contribution in [3.8, 4) is 5.75 Å². The number of aliphatic imine (C=N–C) groups is 1. The molecule has 0 aliphatic carbocycles. The molecule has 2 aromatic heterocycles. The molecule has 3 aromatic rings. The number of hydrogen-bond acceptors (Lipinski definition) is 19. The number of benzene rings is 1. The molecular weight excluding hydrogens is 1060 g/mol. The van der Waals surface area contributed by atoms with Gasteiger partial charge < -0.3 is 67.6 Å². The fraction of sp³-hybridized carbons (Fsp3) is 0.655. The SMILES string of the molecule is CCCN(CCCCc1ncccn1)C(=O)C1=Cc2sc(CCCCCN(C)CCOCCOCCOCCOCCOCCOCCOCCOCCOCCOCCC(=O)Oc3c(F)c(F)cc(F)c3F)cc2N=C(N)C1. The van der Waals surface area contributed by atoms with Gasteiger partial charge in [-0.15, -0.1) is 11.3 Å². The number of thiophene rings is 1. The van der Waals surface area contributed by atoms with Crippen molar-refractivity contribution in [2.45, 2.75) is 71.1 Å². The molecule has 24 heteroatoms. The number of carbonyl (C=O) groups is 2. The number of ether oxygens (including phenoxy) is 11. The zero-order chi connectivity index (χ0) is 56.6. The van der Waals surface area contributed by atoms with Crippen molar-refractivity contribution in [2.24, 2.45) is 10.7 Å². The fourth-order valence-electron chi connectivity index (χ4n) is 7.56. The van der Waals surface area contributed by atoms with Crippen molar-refractivity contribution in [1.29, 1.82) is 0 Å². The Morgan fingerprint density at radius 1 is 0.595 bits per heavy atom. The van der Waals surface area contributed by atoms with E-state index in [1.165, 1.54) is 4.88 Å². The minimum atomic E-state index is -1.80. The lowest BCUT2D eigenvalue weighted by Crippen LogP contribution is -2.34. The second kappa shape index (κ2) is 42.3. The summed E-state index contributed by atoms with van der Waals surface area (Å²) in [6, 6.07) is 3.97. The Morgan fingerprint density at radius 2 is 1.08 bits per heavy atom. The van der Waals surface area contributed by atoms with Crippen molar-refractivity contribution in [3.63, 3.8) is 0 Å². The van der Waals surface area contributed by atoms with Gasteiger partial charge in [0.05, 0.1) is 149 Å². The first-order valence-corrected chi connectivity index (χ1v) is 28.1. The number of amidine groups is 1. The summed E-state index contributed by atoms with van der Waals surface area (Å²) in [6.07, 6.45) is 13.2. The maximum absolute atomic E-state index is 13.7. The molecule has 0 fully saturated rings. The topological polar surface area (TPSA) is 206 Å². The molecule has 1 aliphatic heterocycles.